The van der Waals surface area contributed by atoms with Gasteiger partial charge in [0.2, 0.25) is 0 Å². The number of hydrogen-bond acceptors (Lipinski definition) is 4. The van der Waals surface area contributed by atoms with Crippen LogP contribution in [0.4, 0.5) is 4.39 Å². The van der Waals surface area contributed by atoms with Gasteiger partial charge >= 0.3 is 0 Å². The van der Waals surface area contributed by atoms with Crippen molar-refractivity contribution in [2.75, 3.05) is 0 Å². The maximum absolute atomic E-state index is 14.1. The van der Waals surface area contributed by atoms with Crippen LogP contribution in [0.2, 0.25) is 5.02 Å². The van der Waals surface area contributed by atoms with Crippen LogP contribution < -0.4 is 0 Å². The Morgan fingerprint density at radius 2 is 1.96 bits per heavy atom. The predicted octanol–water partition coefficient (Wildman–Crippen LogP) is 5.36. The average Bonchev–Trinajstić information content (AvgIpc) is 2.60. The Hall–Kier alpha value is -2.02. The molecule has 0 spiro atoms. The second-order valence-corrected chi connectivity index (χ2v) is 9.40. The van der Waals surface area contributed by atoms with Gasteiger partial charge in [0.25, 0.3) is 0 Å². The molecule has 27 heavy (non-hydrogen) atoms. The summed E-state index contributed by atoms with van der Waals surface area (Å²) in [5.74, 6) is -0.462. The number of benzene rings is 1. The molecule has 1 unspecified atom stereocenters. The minimum absolute atomic E-state index is 0.224. The van der Waals surface area contributed by atoms with Gasteiger partial charge < -0.3 is 4.55 Å². The molecular formula is C20H19ClFN3OS. The van der Waals surface area contributed by atoms with Gasteiger partial charge in [-0.15, -0.1) is 0 Å². The van der Waals surface area contributed by atoms with Crippen LogP contribution in [0.5, 0.6) is 0 Å². The molecule has 0 aliphatic rings. The van der Waals surface area contributed by atoms with Gasteiger partial charge in [-0.05, 0) is 52.0 Å². The van der Waals surface area contributed by atoms with Crippen LogP contribution in [-0.4, -0.2) is 25.0 Å². The van der Waals surface area contributed by atoms with Gasteiger partial charge in [-0.1, -0.05) is 22.1 Å². The molecular weight excluding hydrogens is 385 g/mol. The predicted molar refractivity (Wildman–Crippen MR) is 110 cm³/mol. The van der Waals surface area contributed by atoms with E-state index in [1.54, 1.807) is 25.4 Å². The van der Waals surface area contributed by atoms with E-state index in [1.807, 2.05) is 32.9 Å². The minimum Gasteiger partial charge on any atom is -0.591 e. The Morgan fingerprint density at radius 3 is 2.59 bits per heavy atom. The quantitative estimate of drug-likeness (QED) is 0.436. The first kappa shape index (κ1) is 19.7. The molecule has 1 atom stereocenters. The van der Waals surface area contributed by atoms with Gasteiger partial charge in [-0.3, -0.25) is 9.97 Å². The lowest BCUT2D eigenvalue weighted by Crippen LogP contribution is -2.26. The summed E-state index contributed by atoms with van der Waals surface area (Å²) >= 11 is 4.76. The first-order chi connectivity index (χ1) is 12.7. The van der Waals surface area contributed by atoms with E-state index >= 15 is 0 Å². The number of pyridine rings is 2. The molecule has 0 aliphatic heterocycles. The molecule has 0 saturated heterocycles. The Labute approximate surface area is 165 Å². The molecule has 4 nitrogen and oxygen atoms in total. The summed E-state index contributed by atoms with van der Waals surface area (Å²) in [6.45, 7) is 7.33. The number of aromatic nitrogens is 2. The summed E-state index contributed by atoms with van der Waals surface area (Å²) in [4.78, 5) is 8.80. The fourth-order valence-corrected chi connectivity index (χ4v) is 3.47. The van der Waals surface area contributed by atoms with Gasteiger partial charge in [0, 0.05) is 28.9 Å². The molecule has 3 aromatic rings. The zero-order valence-corrected chi connectivity index (χ0v) is 17.0. The van der Waals surface area contributed by atoms with Crippen molar-refractivity contribution >= 4 is 39.6 Å². The third-order valence-corrected chi connectivity index (χ3v) is 5.72. The molecule has 7 heteroatoms. The molecule has 3 rings (SSSR count). The van der Waals surface area contributed by atoms with E-state index in [9.17, 15) is 8.94 Å². The molecule has 2 aromatic heterocycles. The van der Waals surface area contributed by atoms with Crippen molar-refractivity contribution in [3.63, 3.8) is 0 Å². The summed E-state index contributed by atoms with van der Waals surface area (Å²) in [6.07, 6.45) is 3.28. The first-order valence-corrected chi connectivity index (χ1v) is 9.84. The van der Waals surface area contributed by atoms with Crippen molar-refractivity contribution in [2.45, 2.75) is 32.4 Å². The fourth-order valence-electron chi connectivity index (χ4n) is 2.60. The summed E-state index contributed by atoms with van der Waals surface area (Å²) in [5.41, 5.74) is 2.96. The largest absolute Gasteiger partial charge is 0.591 e. The summed E-state index contributed by atoms with van der Waals surface area (Å²) < 4.78 is 30.4. The fraction of sp³-hybridized carbons (Fsp3) is 0.250. The van der Waals surface area contributed by atoms with Crippen molar-refractivity contribution in [2.24, 2.45) is 4.40 Å². The second kappa shape index (κ2) is 7.54. The van der Waals surface area contributed by atoms with Gasteiger partial charge in [0.05, 0.1) is 21.9 Å². The Bertz CT molecular complexity index is 1020. The van der Waals surface area contributed by atoms with Gasteiger partial charge in [0.15, 0.2) is 0 Å². The lowest BCUT2D eigenvalue weighted by Gasteiger charge is -2.19. The Balaban J connectivity index is 2.32. The smallest absolute Gasteiger partial charge is 0.144 e. The summed E-state index contributed by atoms with van der Waals surface area (Å²) in [5, 5.41) is 0.758. The standard InChI is InChI=1S/C20H19ClFN3OS/c1-12(25-27(26)20(2,3)4)15-11-24-19-14(9-13(22)10-16(19)21)18(15)17-7-5-6-8-23-17/h5-11H,1-4H3/b25-12-. The third kappa shape index (κ3) is 4.13. The summed E-state index contributed by atoms with van der Waals surface area (Å²) in [6, 6.07) is 8.09. The number of nitrogens with zero attached hydrogens (tertiary/aromatic N) is 3. The van der Waals surface area contributed by atoms with Crippen LogP contribution in [0, 0.1) is 5.82 Å². The van der Waals surface area contributed by atoms with Gasteiger partial charge in [-0.2, -0.15) is 0 Å². The van der Waals surface area contributed by atoms with Crippen molar-refractivity contribution < 1.29 is 8.94 Å². The monoisotopic (exact) mass is 403 g/mol. The Morgan fingerprint density at radius 1 is 1.22 bits per heavy atom. The molecule has 1 aromatic carbocycles. The molecule has 140 valence electrons. The van der Waals surface area contributed by atoms with Crippen LogP contribution in [0.1, 0.15) is 33.3 Å². The van der Waals surface area contributed by atoms with Crippen LogP contribution in [0.15, 0.2) is 47.1 Å². The number of halogens is 2. The highest BCUT2D eigenvalue weighted by Crippen LogP contribution is 2.34. The van der Waals surface area contributed by atoms with E-state index in [0.717, 1.165) is 0 Å². The average molecular weight is 404 g/mol. The van der Waals surface area contributed by atoms with E-state index < -0.39 is 21.9 Å². The van der Waals surface area contributed by atoms with E-state index in [1.165, 1.54) is 12.1 Å². The zero-order chi connectivity index (χ0) is 19.8. The maximum Gasteiger partial charge on any atom is 0.144 e. The van der Waals surface area contributed by atoms with Crippen molar-refractivity contribution in [3.05, 3.63) is 59.1 Å². The SMILES string of the molecule is C/C(=N/[S+]([O-])C(C)(C)C)c1cnc2c(Cl)cc(F)cc2c1-c1ccccn1. The van der Waals surface area contributed by atoms with E-state index in [-0.39, 0.29) is 5.02 Å². The van der Waals surface area contributed by atoms with E-state index in [4.69, 9.17) is 11.6 Å². The van der Waals surface area contributed by atoms with E-state index in [2.05, 4.69) is 14.4 Å². The van der Waals surface area contributed by atoms with Crippen LogP contribution >= 0.6 is 11.6 Å². The van der Waals surface area contributed by atoms with E-state index in [0.29, 0.717) is 33.4 Å². The van der Waals surface area contributed by atoms with Gasteiger partial charge in [-0.25, -0.2) is 4.39 Å². The normalized spacial score (nSPS) is 13.8. The topological polar surface area (TPSA) is 61.2 Å². The molecule has 0 aliphatic carbocycles. The molecule has 2 heterocycles. The number of hydrogen-bond donors (Lipinski definition) is 0. The minimum atomic E-state index is -1.44. The maximum atomic E-state index is 14.1. The van der Waals surface area contributed by atoms with Crippen molar-refractivity contribution in [1.29, 1.82) is 0 Å². The lowest BCUT2D eigenvalue weighted by molar-refractivity contribution is 0.561. The lowest BCUT2D eigenvalue weighted by atomic mass is 9.97. The molecule has 0 amide bonds. The summed E-state index contributed by atoms with van der Waals surface area (Å²) in [7, 11) is 0. The molecule has 0 fully saturated rings. The first-order valence-electron chi connectivity index (χ1n) is 8.35. The van der Waals surface area contributed by atoms with Crippen LogP contribution in [0.25, 0.3) is 22.2 Å². The second-order valence-electron chi connectivity index (χ2n) is 7.08. The highest BCUT2D eigenvalue weighted by molar-refractivity contribution is 7.91. The number of fused-ring (bicyclic) bond motifs is 1. The number of rotatable bonds is 3. The van der Waals surface area contributed by atoms with Gasteiger partial charge in [0.1, 0.15) is 21.9 Å². The highest BCUT2D eigenvalue weighted by atomic mass is 35.5. The Kier molecular flexibility index (Phi) is 5.51. The molecule has 0 N–H and O–H groups in total. The zero-order valence-electron chi connectivity index (χ0n) is 15.5. The highest BCUT2D eigenvalue weighted by Gasteiger charge is 2.27. The third-order valence-electron chi connectivity index (χ3n) is 3.94. The van der Waals surface area contributed by atoms with Crippen molar-refractivity contribution in [3.8, 4) is 11.3 Å². The van der Waals surface area contributed by atoms with Crippen molar-refractivity contribution in [1.82, 2.24) is 9.97 Å². The van der Waals surface area contributed by atoms with Crippen LogP contribution in [-0.2, 0) is 11.4 Å². The van der Waals surface area contributed by atoms with Crippen LogP contribution in [0.3, 0.4) is 0 Å². The molecule has 0 bridgehead atoms. The molecule has 0 radical (unpaired) electrons. The molecule has 0 saturated carbocycles.